The van der Waals surface area contributed by atoms with Gasteiger partial charge in [0.2, 0.25) is 0 Å². The molecule has 1 aliphatic carbocycles. The lowest BCUT2D eigenvalue weighted by molar-refractivity contribution is -0.147. The number of urea groups is 1. The molecule has 0 aromatic heterocycles. The number of carboxylic acid groups (broad SMARTS) is 1. The van der Waals surface area contributed by atoms with Crippen molar-refractivity contribution in [3.05, 3.63) is 29.8 Å². The molecule has 0 radical (unpaired) electrons. The van der Waals surface area contributed by atoms with E-state index in [0.717, 1.165) is 24.2 Å². The zero-order valence-corrected chi connectivity index (χ0v) is 11.5. The van der Waals surface area contributed by atoms with Crippen molar-refractivity contribution in [1.29, 1.82) is 0 Å². The van der Waals surface area contributed by atoms with Crippen molar-refractivity contribution < 1.29 is 14.7 Å². The van der Waals surface area contributed by atoms with Crippen molar-refractivity contribution in [3.8, 4) is 0 Å². The van der Waals surface area contributed by atoms with Crippen molar-refractivity contribution in [2.45, 2.75) is 24.7 Å². The van der Waals surface area contributed by atoms with Gasteiger partial charge in [-0.1, -0.05) is 18.6 Å². The van der Waals surface area contributed by atoms with E-state index in [1.807, 2.05) is 24.3 Å². The van der Waals surface area contributed by atoms with Gasteiger partial charge in [-0.15, -0.1) is 0 Å². The fraction of sp³-hybridized carbons (Fsp3) is 0.467. The molecule has 1 aromatic rings. The summed E-state index contributed by atoms with van der Waals surface area (Å²) in [4.78, 5) is 26.8. The van der Waals surface area contributed by atoms with Gasteiger partial charge in [0, 0.05) is 25.8 Å². The molecule has 106 valence electrons. The maximum absolute atomic E-state index is 11.9. The van der Waals surface area contributed by atoms with Crippen LogP contribution in [0.5, 0.6) is 0 Å². The summed E-state index contributed by atoms with van der Waals surface area (Å²) < 4.78 is 0. The molecule has 1 saturated carbocycles. The van der Waals surface area contributed by atoms with Crippen LogP contribution in [-0.2, 0) is 10.2 Å². The molecule has 1 aromatic carbocycles. The third-order valence-electron chi connectivity index (χ3n) is 4.56. The monoisotopic (exact) mass is 274 g/mol. The summed E-state index contributed by atoms with van der Waals surface area (Å²) in [6.45, 7) is 1.40. The van der Waals surface area contributed by atoms with Gasteiger partial charge in [-0.05, 0) is 30.5 Å². The number of carboxylic acids is 1. The summed E-state index contributed by atoms with van der Waals surface area (Å²) in [5, 5.41) is 9.42. The number of hydrogen-bond acceptors (Lipinski definition) is 2. The minimum atomic E-state index is -0.742. The first-order chi connectivity index (χ1) is 9.54. The lowest BCUT2D eigenvalue weighted by Gasteiger charge is -2.38. The zero-order valence-electron chi connectivity index (χ0n) is 11.5. The predicted octanol–water partition coefficient (Wildman–Crippen LogP) is 2.06. The molecule has 1 aliphatic heterocycles. The molecule has 3 rings (SSSR count). The van der Waals surface area contributed by atoms with Gasteiger partial charge in [-0.2, -0.15) is 0 Å². The minimum Gasteiger partial charge on any atom is -0.481 e. The molecular formula is C15H18N2O3. The van der Waals surface area contributed by atoms with Gasteiger partial charge in [0.1, 0.15) is 0 Å². The van der Waals surface area contributed by atoms with Crippen LogP contribution in [0.4, 0.5) is 10.5 Å². The number of hydrogen-bond donors (Lipinski definition) is 1. The first kappa shape index (κ1) is 13.0. The van der Waals surface area contributed by atoms with Crippen LogP contribution >= 0.6 is 0 Å². The molecule has 2 fully saturated rings. The Kier molecular flexibility index (Phi) is 2.92. The number of nitrogens with zero attached hydrogens (tertiary/aromatic N) is 2. The molecule has 0 atom stereocenters. The van der Waals surface area contributed by atoms with Gasteiger partial charge in [-0.3, -0.25) is 9.69 Å². The van der Waals surface area contributed by atoms with Crippen molar-refractivity contribution in [2.24, 2.45) is 0 Å². The molecule has 0 bridgehead atoms. The molecule has 1 N–H and O–H groups in total. The first-order valence-electron chi connectivity index (χ1n) is 6.91. The second-order valence-corrected chi connectivity index (χ2v) is 5.64. The summed E-state index contributed by atoms with van der Waals surface area (Å²) in [6, 6.07) is 7.42. The van der Waals surface area contributed by atoms with E-state index in [2.05, 4.69) is 0 Å². The Morgan fingerprint density at radius 3 is 2.25 bits per heavy atom. The van der Waals surface area contributed by atoms with Crippen molar-refractivity contribution >= 4 is 17.7 Å². The Hall–Kier alpha value is -2.04. The van der Waals surface area contributed by atoms with Crippen molar-refractivity contribution in [2.75, 3.05) is 25.0 Å². The van der Waals surface area contributed by atoms with Gasteiger partial charge in [0.15, 0.2) is 0 Å². The number of carbonyl (C=O) groups is 2. The molecular weight excluding hydrogens is 256 g/mol. The van der Waals surface area contributed by atoms with E-state index < -0.39 is 11.4 Å². The Labute approximate surface area is 117 Å². The largest absolute Gasteiger partial charge is 0.481 e. The first-order valence-corrected chi connectivity index (χ1v) is 6.91. The predicted molar refractivity (Wildman–Crippen MR) is 75.0 cm³/mol. The molecule has 2 aliphatic rings. The van der Waals surface area contributed by atoms with Gasteiger partial charge in [0.25, 0.3) is 0 Å². The van der Waals surface area contributed by atoms with Crippen LogP contribution in [0.2, 0.25) is 0 Å². The standard InChI is InChI=1S/C15H18N2O3/c1-16-9-10-17(14(16)20)12-5-3-11(4-6-12)15(13(18)19)7-2-8-15/h3-6H,2,7-10H2,1H3,(H,18,19). The lowest BCUT2D eigenvalue weighted by atomic mass is 9.64. The van der Waals surface area contributed by atoms with Crippen LogP contribution in [0.15, 0.2) is 24.3 Å². The van der Waals surface area contributed by atoms with Crippen molar-refractivity contribution in [1.82, 2.24) is 4.90 Å². The highest BCUT2D eigenvalue weighted by atomic mass is 16.4. The summed E-state index contributed by atoms with van der Waals surface area (Å²) in [6.07, 6.45) is 2.36. The summed E-state index contributed by atoms with van der Waals surface area (Å²) in [5.41, 5.74) is 0.979. The van der Waals surface area contributed by atoms with Crippen LogP contribution in [0.1, 0.15) is 24.8 Å². The zero-order chi connectivity index (χ0) is 14.3. The average Bonchev–Trinajstić information content (AvgIpc) is 2.69. The number of aliphatic carboxylic acids is 1. The summed E-state index contributed by atoms with van der Waals surface area (Å²) in [7, 11) is 1.78. The third-order valence-corrected chi connectivity index (χ3v) is 4.56. The van der Waals surface area contributed by atoms with E-state index in [-0.39, 0.29) is 6.03 Å². The maximum atomic E-state index is 11.9. The number of benzene rings is 1. The normalized spacial score (nSPS) is 20.9. The number of rotatable bonds is 3. The molecule has 1 heterocycles. The second-order valence-electron chi connectivity index (χ2n) is 5.64. The fourth-order valence-electron chi connectivity index (χ4n) is 3.00. The smallest absolute Gasteiger partial charge is 0.324 e. The SMILES string of the molecule is CN1CCN(c2ccc(C3(C(=O)O)CCC3)cc2)C1=O. The van der Waals surface area contributed by atoms with E-state index in [0.29, 0.717) is 19.4 Å². The second kappa shape index (κ2) is 4.51. The number of anilines is 1. The maximum Gasteiger partial charge on any atom is 0.324 e. The number of amides is 2. The average molecular weight is 274 g/mol. The van der Waals surface area contributed by atoms with Crippen LogP contribution in [-0.4, -0.2) is 42.1 Å². The highest BCUT2D eigenvalue weighted by Gasteiger charge is 2.45. The summed E-state index contributed by atoms with van der Waals surface area (Å²) >= 11 is 0. The van der Waals surface area contributed by atoms with Gasteiger partial charge >= 0.3 is 12.0 Å². The van der Waals surface area contributed by atoms with E-state index in [1.54, 1.807) is 16.8 Å². The number of carbonyl (C=O) groups excluding carboxylic acids is 1. The molecule has 5 nitrogen and oxygen atoms in total. The molecule has 1 saturated heterocycles. The van der Waals surface area contributed by atoms with Crippen LogP contribution < -0.4 is 4.90 Å². The van der Waals surface area contributed by atoms with Crippen LogP contribution in [0, 0.1) is 0 Å². The Bertz CT molecular complexity index is 549. The topological polar surface area (TPSA) is 60.9 Å². The van der Waals surface area contributed by atoms with E-state index in [4.69, 9.17) is 0 Å². The molecule has 5 heteroatoms. The minimum absolute atomic E-state index is 0.00524. The quantitative estimate of drug-likeness (QED) is 0.917. The van der Waals surface area contributed by atoms with Crippen LogP contribution in [0.25, 0.3) is 0 Å². The van der Waals surface area contributed by atoms with E-state index in [1.165, 1.54) is 0 Å². The van der Waals surface area contributed by atoms with E-state index in [9.17, 15) is 14.7 Å². The Balaban J connectivity index is 1.85. The third kappa shape index (κ3) is 1.77. The van der Waals surface area contributed by atoms with Crippen LogP contribution in [0.3, 0.4) is 0 Å². The molecule has 0 unspecified atom stereocenters. The van der Waals surface area contributed by atoms with Gasteiger partial charge in [-0.25, -0.2) is 4.79 Å². The van der Waals surface area contributed by atoms with Gasteiger partial charge in [0.05, 0.1) is 5.41 Å². The lowest BCUT2D eigenvalue weighted by Crippen LogP contribution is -2.42. The highest BCUT2D eigenvalue weighted by Crippen LogP contribution is 2.44. The highest BCUT2D eigenvalue weighted by molar-refractivity contribution is 5.94. The van der Waals surface area contributed by atoms with E-state index >= 15 is 0 Å². The number of likely N-dealkylation sites (N-methyl/N-ethyl adjacent to an activating group) is 1. The molecule has 2 amide bonds. The molecule has 20 heavy (non-hydrogen) atoms. The van der Waals surface area contributed by atoms with Gasteiger partial charge < -0.3 is 10.0 Å². The Morgan fingerprint density at radius 2 is 1.85 bits per heavy atom. The fourth-order valence-corrected chi connectivity index (χ4v) is 3.00. The molecule has 0 spiro atoms. The Morgan fingerprint density at radius 1 is 1.20 bits per heavy atom. The summed E-state index contributed by atoms with van der Waals surface area (Å²) in [5.74, 6) is -0.742. The van der Waals surface area contributed by atoms with Crippen molar-refractivity contribution in [3.63, 3.8) is 0 Å².